The molecule has 0 spiro atoms. The zero-order valence-electron chi connectivity index (χ0n) is 11.7. The third-order valence-electron chi connectivity index (χ3n) is 4.08. The fourth-order valence-electron chi connectivity index (χ4n) is 2.81. The lowest BCUT2D eigenvalue weighted by molar-refractivity contribution is 0.256. The molecule has 0 aromatic heterocycles. The summed E-state index contributed by atoms with van der Waals surface area (Å²) in [5.41, 5.74) is 1.76. The molecule has 0 amide bonds. The predicted octanol–water partition coefficient (Wildman–Crippen LogP) is 3.55. The van der Waals surface area contributed by atoms with Crippen LogP contribution >= 0.6 is 0 Å². The van der Waals surface area contributed by atoms with E-state index >= 15 is 0 Å². The summed E-state index contributed by atoms with van der Waals surface area (Å²) in [5, 5.41) is 3.74. The van der Waals surface area contributed by atoms with Crippen LogP contribution in [0.4, 0.5) is 0 Å². The van der Waals surface area contributed by atoms with Crippen LogP contribution in [-0.2, 0) is 6.42 Å². The second kappa shape index (κ2) is 6.24. The molecule has 1 aliphatic rings. The minimum atomic E-state index is 0.380. The Hall–Kier alpha value is -1.02. The fourth-order valence-corrected chi connectivity index (χ4v) is 2.81. The number of rotatable bonds is 5. The van der Waals surface area contributed by atoms with Gasteiger partial charge >= 0.3 is 0 Å². The van der Waals surface area contributed by atoms with Crippen molar-refractivity contribution in [2.24, 2.45) is 0 Å². The molecule has 0 radical (unpaired) electrons. The van der Waals surface area contributed by atoms with E-state index in [9.17, 15) is 0 Å². The van der Waals surface area contributed by atoms with E-state index in [1.807, 2.05) is 12.1 Å². The first-order chi connectivity index (χ1) is 8.72. The summed E-state index contributed by atoms with van der Waals surface area (Å²) in [6, 6.07) is 8.39. The molecule has 1 aromatic rings. The molecule has 2 nitrogen and oxygen atoms in total. The molecule has 1 aliphatic carbocycles. The first-order valence-electron chi connectivity index (χ1n) is 7.10. The maximum atomic E-state index is 5.17. The Labute approximate surface area is 111 Å². The topological polar surface area (TPSA) is 21.3 Å². The van der Waals surface area contributed by atoms with Crippen LogP contribution in [-0.4, -0.2) is 19.2 Å². The van der Waals surface area contributed by atoms with Crippen molar-refractivity contribution in [3.63, 3.8) is 0 Å². The largest absolute Gasteiger partial charge is 0.497 e. The van der Waals surface area contributed by atoms with Gasteiger partial charge < -0.3 is 10.1 Å². The second-order valence-electron chi connectivity index (χ2n) is 5.65. The van der Waals surface area contributed by atoms with Gasteiger partial charge in [0.05, 0.1) is 7.11 Å². The van der Waals surface area contributed by atoms with Crippen LogP contribution in [0.1, 0.15) is 44.6 Å². The molecule has 1 aromatic carbocycles. The zero-order chi connectivity index (χ0) is 12.8. The minimum absolute atomic E-state index is 0.380. The smallest absolute Gasteiger partial charge is 0.118 e. The van der Waals surface area contributed by atoms with Crippen LogP contribution in [0.15, 0.2) is 24.3 Å². The van der Waals surface area contributed by atoms with Gasteiger partial charge in [-0.15, -0.1) is 0 Å². The number of ether oxygens (including phenoxy) is 1. The van der Waals surface area contributed by atoms with E-state index in [-0.39, 0.29) is 0 Å². The van der Waals surface area contributed by atoms with Crippen LogP contribution in [0.5, 0.6) is 5.75 Å². The average Bonchev–Trinajstić information content (AvgIpc) is 2.40. The van der Waals surface area contributed by atoms with Gasteiger partial charge in [-0.25, -0.2) is 0 Å². The Balaban J connectivity index is 1.77. The summed E-state index contributed by atoms with van der Waals surface area (Å²) in [7, 11) is 1.71. The van der Waals surface area contributed by atoms with Crippen molar-refractivity contribution in [1.29, 1.82) is 0 Å². The van der Waals surface area contributed by atoms with E-state index < -0.39 is 0 Å². The van der Waals surface area contributed by atoms with E-state index in [0.717, 1.165) is 18.7 Å². The molecular formula is C16H25NO. The van der Waals surface area contributed by atoms with Gasteiger partial charge in [-0.2, -0.15) is 0 Å². The number of hydrogen-bond donors (Lipinski definition) is 1. The van der Waals surface area contributed by atoms with Gasteiger partial charge in [0, 0.05) is 5.54 Å². The highest BCUT2D eigenvalue weighted by molar-refractivity contribution is 5.27. The van der Waals surface area contributed by atoms with Gasteiger partial charge in [0.15, 0.2) is 0 Å². The molecule has 0 aliphatic heterocycles. The van der Waals surface area contributed by atoms with Crippen molar-refractivity contribution in [1.82, 2.24) is 5.32 Å². The monoisotopic (exact) mass is 247 g/mol. The van der Waals surface area contributed by atoms with E-state index in [0.29, 0.717) is 5.54 Å². The molecular weight excluding hydrogens is 222 g/mol. The number of hydrogen-bond acceptors (Lipinski definition) is 2. The van der Waals surface area contributed by atoms with Gasteiger partial charge in [-0.1, -0.05) is 31.4 Å². The van der Waals surface area contributed by atoms with Crippen molar-refractivity contribution in [2.75, 3.05) is 13.7 Å². The molecule has 2 rings (SSSR count). The highest BCUT2D eigenvalue weighted by Gasteiger charge is 2.25. The van der Waals surface area contributed by atoms with Crippen molar-refractivity contribution < 1.29 is 4.74 Å². The van der Waals surface area contributed by atoms with E-state index in [1.165, 1.54) is 37.7 Å². The third-order valence-corrected chi connectivity index (χ3v) is 4.08. The maximum Gasteiger partial charge on any atom is 0.118 e. The molecule has 0 heterocycles. The van der Waals surface area contributed by atoms with Gasteiger partial charge in [0.1, 0.15) is 5.75 Å². The van der Waals surface area contributed by atoms with Crippen LogP contribution in [0.3, 0.4) is 0 Å². The van der Waals surface area contributed by atoms with Crippen LogP contribution in [0, 0.1) is 0 Å². The van der Waals surface area contributed by atoms with Gasteiger partial charge in [-0.3, -0.25) is 0 Å². The molecule has 18 heavy (non-hydrogen) atoms. The highest BCUT2D eigenvalue weighted by Crippen LogP contribution is 2.27. The number of methoxy groups -OCH3 is 1. The minimum Gasteiger partial charge on any atom is -0.497 e. The lowest BCUT2D eigenvalue weighted by Gasteiger charge is -2.34. The molecule has 0 saturated heterocycles. The molecule has 2 heteroatoms. The number of nitrogens with one attached hydrogen (secondary N) is 1. The third kappa shape index (κ3) is 3.74. The molecule has 0 atom stereocenters. The first kappa shape index (κ1) is 13.4. The van der Waals surface area contributed by atoms with Crippen molar-refractivity contribution in [3.05, 3.63) is 29.8 Å². The first-order valence-corrected chi connectivity index (χ1v) is 7.10. The van der Waals surface area contributed by atoms with Crippen LogP contribution < -0.4 is 10.1 Å². The Morgan fingerprint density at radius 3 is 2.39 bits per heavy atom. The van der Waals surface area contributed by atoms with E-state index in [2.05, 4.69) is 24.4 Å². The molecule has 0 bridgehead atoms. The van der Waals surface area contributed by atoms with Crippen LogP contribution in [0.2, 0.25) is 0 Å². The van der Waals surface area contributed by atoms with Crippen molar-refractivity contribution in [3.8, 4) is 5.75 Å². The molecule has 100 valence electrons. The molecule has 1 saturated carbocycles. The second-order valence-corrected chi connectivity index (χ2v) is 5.65. The summed E-state index contributed by atoms with van der Waals surface area (Å²) < 4.78 is 5.17. The lowest BCUT2D eigenvalue weighted by Crippen LogP contribution is -2.44. The Bertz CT molecular complexity index is 352. The normalized spacial score (nSPS) is 18.6. The number of benzene rings is 1. The molecule has 1 N–H and O–H groups in total. The van der Waals surface area contributed by atoms with E-state index in [1.54, 1.807) is 7.11 Å². The Morgan fingerprint density at radius 2 is 1.78 bits per heavy atom. The standard InChI is InChI=1S/C16H25NO/c1-16(11-4-3-5-12-16)17-13-10-14-6-8-15(18-2)9-7-14/h6-9,17H,3-5,10-13H2,1-2H3. The summed E-state index contributed by atoms with van der Waals surface area (Å²) >= 11 is 0. The van der Waals surface area contributed by atoms with Crippen molar-refractivity contribution >= 4 is 0 Å². The summed E-state index contributed by atoms with van der Waals surface area (Å²) in [5.74, 6) is 0.936. The van der Waals surface area contributed by atoms with Gasteiger partial charge in [-0.05, 0) is 50.4 Å². The zero-order valence-corrected chi connectivity index (χ0v) is 11.7. The quantitative estimate of drug-likeness (QED) is 0.859. The fraction of sp³-hybridized carbons (Fsp3) is 0.625. The van der Waals surface area contributed by atoms with Gasteiger partial charge in [0.2, 0.25) is 0 Å². The van der Waals surface area contributed by atoms with Gasteiger partial charge in [0.25, 0.3) is 0 Å². The summed E-state index contributed by atoms with van der Waals surface area (Å²) in [6.45, 7) is 3.45. The lowest BCUT2D eigenvalue weighted by atomic mass is 9.83. The predicted molar refractivity (Wildman–Crippen MR) is 76.2 cm³/mol. The molecule has 1 fully saturated rings. The van der Waals surface area contributed by atoms with Crippen molar-refractivity contribution in [2.45, 2.75) is 51.0 Å². The van der Waals surface area contributed by atoms with Crippen LogP contribution in [0.25, 0.3) is 0 Å². The Kier molecular flexibility index (Phi) is 4.65. The Morgan fingerprint density at radius 1 is 1.11 bits per heavy atom. The molecule has 0 unspecified atom stereocenters. The summed E-state index contributed by atoms with van der Waals surface area (Å²) in [4.78, 5) is 0. The van der Waals surface area contributed by atoms with E-state index in [4.69, 9.17) is 4.74 Å². The summed E-state index contributed by atoms with van der Waals surface area (Å²) in [6.07, 6.45) is 7.93. The SMILES string of the molecule is COc1ccc(CCNC2(C)CCCCC2)cc1. The maximum absolute atomic E-state index is 5.17. The highest BCUT2D eigenvalue weighted by atomic mass is 16.5. The average molecular weight is 247 g/mol.